The van der Waals surface area contributed by atoms with Gasteiger partial charge in [0.25, 0.3) is 5.91 Å². The van der Waals surface area contributed by atoms with Crippen molar-refractivity contribution in [2.45, 2.75) is 25.4 Å². The highest BCUT2D eigenvalue weighted by Crippen LogP contribution is 2.23. The molecule has 0 bridgehead atoms. The molecule has 1 heterocycles. The Morgan fingerprint density at radius 3 is 2.35 bits per heavy atom. The number of hydrogen-bond acceptors (Lipinski definition) is 4. The molecule has 1 fully saturated rings. The standard InChI is InChI=1S/C15H20N2O5S/c1-11-9-16(15(20)12-6-4-3-5-7-12)10-13(8-14(18)19)17(11)23(2,21)22/h3-7,11,13H,8-10H2,1-2H3,(H,18,19)/t11-,13-/m1/s1. The van der Waals surface area contributed by atoms with Crippen LogP contribution in [0.25, 0.3) is 0 Å². The van der Waals surface area contributed by atoms with Gasteiger partial charge in [0.05, 0.1) is 18.7 Å². The van der Waals surface area contributed by atoms with E-state index in [1.165, 1.54) is 9.21 Å². The molecule has 2 atom stereocenters. The minimum atomic E-state index is -3.55. The fourth-order valence-electron chi connectivity index (χ4n) is 3.05. The molecule has 1 N–H and O–H groups in total. The highest BCUT2D eigenvalue weighted by atomic mass is 32.2. The Hall–Kier alpha value is -1.93. The first-order valence-electron chi connectivity index (χ1n) is 7.24. The van der Waals surface area contributed by atoms with Gasteiger partial charge < -0.3 is 10.0 Å². The monoisotopic (exact) mass is 340 g/mol. The second kappa shape index (κ2) is 6.67. The second-order valence-electron chi connectivity index (χ2n) is 5.77. The number of carboxylic acids is 1. The van der Waals surface area contributed by atoms with E-state index >= 15 is 0 Å². The molecule has 1 amide bonds. The Labute approximate surface area is 135 Å². The van der Waals surface area contributed by atoms with Crippen LogP contribution in [0.1, 0.15) is 23.7 Å². The van der Waals surface area contributed by atoms with Crippen molar-refractivity contribution in [2.24, 2.45) is 0 Å². The van der Waals surface area contributed by atoms with Gasteiger partial charge in [0, 0.05) is 24.7 Å². The molecule has 23 heavy (non-hydrogen) atoms. The van der Waals surface area contributed by atoms with E-state index in [0.717, 1.165) is 6.26 Å². The maximum Gasteiger partial charge on any atom is 0.305 e. The van der Waals surface area contributed by atoms with Gasteiger partial charge in [-0.1, -0.05) is 18.2 Å². The van der Waals surface area contributed by atoms with Crippen molar-refractivity contribution in [1.82, 2.24) is 9.21 Å². The molecule has 0 saturated carbocycles. The lowest BCUT2D eigenvalue weighted by Crippen LogP contribution is -2.60. The predicted octanol–water partition coefficient (Wildman–Crippen LogP) is 0.636. The molecule has 8 heteroatoms. The fourth-order valence-corrected chi connectivity index (χ4v) is 4.45. The molecule has 0 spiro atoms. The molecule has 0 aromatic heterocycles. The summed E-state index contributed by atoms with van der Waals surface area (Å²) in [6.07, 6.45) is 0.725. The van der Waals surface area contributed by atoms with Gasteiger partial charge in [-0.05, 0) is 19.1 Å². The largest absolute Gasteiger partial charge is 0.481 e. The van der Waals surface area contributed by atoms with Crippen LogP contribution in [0.3, 0.4) is 0 Å². The maximum absolute atomic E-state index is 12.5. The Morgan fingerprint density at radius 2 is 1.83 bits per heavy atom. The number of nitrogens with zero attached hydrogens (tertiary/aromatic N) is 2. The zero-order valence-corrected chi connectivity index (χ0v) is 13.9. The first-order chi connectivity index (χ1) is 10.7. The van der Waals surface area contributed by atoms with Crippen LogP contribution >= 0.6 is 0 Å². The zero-order chi connectivity index (χ0) is 17.2. The van der Waals surface area contributed by atoms with Gasteiger partial charge in [0.15, 0.2) is 0 Å². The second-order valence-corrected chi connectivity index (χ2v) is 7.66. The normalized spacial score (nSPS) is 22.8. The molecule has 7 nitrogen and oxygen atoms in total. The topological polar surface area (TPSA) is 95.0 Å². The van der Waals surface area contributed by atoms with Crippen molar-refractivity contribution in [3.05, 3.63) is 35.9 Å². The third-order valence-electron chi connectivity index (χ3n) is 3.81. The summed E-state index contributed by atoms with van der Waals surface area (Å²) >= 11 is 0. The van der Waals surface area contributed by atoms with E-state index in [9.17, 15) is 18.0 Å². The first-order valence-corrected chi connectivity index (χ1v) is 9.09. The van der Waals surface area contributed by atoms with Crippen LogP contribution < -0.4 is 0 Å². The smallest absolute Gasteiger partial charge is 0.305 e. The average Bonchev–Trinajstić information content (AvgIpc) is 2.44. The fraction of sp³-hybridized carbons (Fsp3) is 0.467. The number of rotatable bonds is 4. The third kappa shape index (κ3) is 4.08. The van der Waals surface area contributed by atoms with Gasteiger partial charge in [0.2, 0.25) is 10.0 Å². The summed E-state index contributed by atoms with van der Waals surface area (Å²) in [5, 5.41) is 9.05. The van der Waals surface area contributed by atoms with Crippen LogP contribution in [-0.4, -0.2) is 66.0 Å². The minimum Gasteiger partial charge on any atom is -0.481 e. The highest BCUT2D eigenvalue weighted by Gasteiger charge is 2.40. The quantitative estimate of drug-likeness (QED) is 0.868. The number of benzene rings is 1. The van der Waals surface area contributed by atoms with E-state index in [0.29, 0.717) is 5.56 Å². The van der Waals surface area contributed by atoms with Gasteiger partial charge in [-0.15, -0.1) is 0 Å². The number of aliphatic carboxylic acids is 1. The van der Waals surface area contributed by atoms with E-state index in [1.54, 1.807) is 37.3 Å². The number of carboxylic acid groups (broad SMARTS) is 1. The molecular formula is C15H20N2O5S. The van der Waals surface area contributed by atoms with Crippen LogP contribution in [-0.2, 0) is 14.8 Å². The lowest BCUT2D eigenvalue weighted by atomic mass is 10.1. The molecule has 1 aromatic rings. The summed E-state index contributed by atoms with van der Waals surface area (Å²) in [6.45, 7) is 1.98. The van der Waals surface area contributed by atoms with Crippen LogP contribution in [0.4, 0.5) is 0 Å². The van der Waals surface area contributed by atoms with Crippen molar-refractivity contribution in [3.8, 4) is 0 Å². The highest BCUT2D eigenvalue weighted by molar-refractivity contribution is 7.88. The summed E-state index contributed by atoms with van der Waals surface area (Å²) in [4.78, 5) is 25.1. The maximum atomic E-state index is 12.5. The molecule has 0 unspecified atom stereocenters. The Morgan fingerprint density at radius 1 is 1.22 bits per heavy atom. The van der Waals surface area contributed by atoms with E-state index in [2.05, 4.69) is 0 Å². The van der Waals surface area contributed by atoms with Crippen molar-refractivity contribution in [2.75, 3.05) is 19.3 Å². The Bertz CT molecular complexity index is 689. The Kier molecular flexibility index (Phi) is 5.06. The first kappa shape index (κ1) is 17.4. The molecule has 1 aliphatic rings. The molecule has 1 saturated heterocycles. The van der Waals surface area contributed by atoms with Crippen molar-refractivity contribution in [3.63, 3.8) is 0 Å². The van der Waals surface area contributed by atoms with Crippen molar-refractivity contribution < 1.29 is 23.1 Å². The third-order valence-corrected chi connectivity index (χ3v) is 5.24. The number of carbonyl (C=O) groups excluding carboxylic acids is 1. The summed E-state index contributed by atoms with van der Waals surface area (Å²) in [5.74, 6) is -1.31. The minimum absolute atomic E-state index is 0.0669. The number of carbonyl (C=O) groups is 2. The van der Waals surface area contributed by atoms with Crippen LogP contribution in [0.2, 0.25) is 0 Å². The van der Waals surface area contributed by atoms with Crippen molar-refractivity contribution >= 4 is 21.9 Å². The molecule has 2 rings (SSSR count). The van der Waals surface area contributed by atoms with E-state index in [-0.39, 0.29) is 25.4 Å². The lowest BCUT2D eigenvalue weighted by Gasteiger charge is -2.43. The molecule has 126 valence electrons. The lowest BCUT2D eigenvalue weighted by molar-refractivity contribution is -0.138. The number of hydrogen-bond donors (Lipinski definition) is 1. The summed E-state index contributed by atoms with van der Waals surface area (Å²) in [6, 6.07) is 7.42. The zero-order valence-electron chi connectivity index (χ0n) is 13.0. The molecular weight excluding hydrogens is 320 g/mol. The molecule has 0 radical (unpaired) electrons. The van der Waals surface area contributed by atoms with Gasteiger partial charge in [-0.2, -0.15) is 4.31 Å². The predicted molar refractivity (Wildman–Crippen MR) is 84.5 cm³/mol. The van der Waals surface area contributed by atoms with Gasteiger partial charge in [-0.3, -0.25) is 9.59 Å². The number of amides is 1. The average molecular weight is 340 g/mol. The SMILES string of the molecule is C[C@@H]1CN(C(=O)c2ccccc2)C[C@@H](CC(=O)O)N1S(C)(=O)=O. The molecule has 1 aliphatic heterocycles. The van der Waals surface area contributed by atoms with Gasteiger partial charge in [-0.25, -0.2) is 8.42 Å². The Balaban J connectivity index is 2.27. The molecule has 1 aromatic carbocycles. The number of sulfonamides is 1. The van der Waals surface area contributed by atoms with Crippen LogP contribution in [0.5, 0.6) is 0 Å². The van der Waals surface area contributed by atoms with E-state index < -0.39 is 28.1 Å². The summed E-state index contributed by atoms with van der Waals surface area (Å²) < 4.78 is 25.1. The number of piperazine rings is 1. The van der Waals surface area contributed by atoms with E-state index in [1.807, 2.05) is 0 Å². The van der Waals surface area contributed by atoms with Crippen LogP contribution in [0.15, 0.2) is 30.3 Å². The van der Waals surface area contributed by atoms with E-state index in [4.69, 9.17) is 5.11 Å². The van der Waals surface area contributed by atoms with Crippen LogP contribution in [0, 0.1) is 0 Å². The van der Waals surface area contributed by atoms with Gasteiger partial charge >= 0.3 is 5.97 Å². The van der Waals surface area contributed by atoms with Gasteiger partial charge in [0.1, 0.15) is 0 Å². The summed E-state index contributed by atoms with van der Waals surface area (Å²) in [7, 11) is -3.55. The molecule has 0 aliphatic carbocycles. The summed E-state index contributed by atoms with van der Waals surface area (Å²) in [5.41, 5.74) is 0.501. The van der Waals surface area contributed by atoms with Crippen molar-refractivity contribution in [1.29, 1.82) is 0 Å².